The Bertz CT molecular complexity index is 705. The predicted molar refractivity (Wildman–Crippen MR) is 121 cm³/mol. The third-order valence-electron chi connectivity index (χ3n) is 4.59. The summed E-state index contributed by atoms with van der Waals surface area (Å²) in [4.78, 5) is 20.9. The highest BCUT2D eigenvalue weighted by Crippen LogP contribution is 2.19. The number of piperazine rings is 1. The summed E-state index contributed by atoms with van der Waals surface area (Å²) in [5.41, 5.74) is 0.665. The van der Waals surface area contributed by atoms with Gasteiger partial charge in [0.25, 0.3) is 0 Å². The summed E-state index contributed by atoms with van der Waals surface area (Å²) in [5.74, 6) is 1.81. The Labute approximate surface area is 184 Å². The van der Waals surface area contributed by atoms with E-state index < -0.39 is 5.60 Å². The molecule has 7 nitrogen and oxygen atoms in total. The molecule has 8 heteroatoms. The molecule has 1 aromatic carbocycles. The Morgan fingerprint density at radius 1 is 1.29 bits per heavy atom. The highest BCUT2D eigenvalue weighted by atomic mass is 127. The Morgan fingerprint density at radius 3 is 2.75 bits per heavy atom. The van der Waals surface area contributed by atoms with E-state index in [1.54, 1.807) is 4.90 Å². The standard InChI is InChI=1S/C20H30N4O3.HI/c1-15-7-5-6-8-17(15)26-12-9-21-18-22-13-16-14-23(10-11-24(16)18)19(25)27-20(2,3)4;/h5-8,16H,9-14H2,1-4H3,(H,21,22);1H. The van der Waals surface area contributed by atoms with Crippen molar-refractivity contribution in [1.82, 2.24) is 15.1 Å². The molecule has 1 atom stereocenters. The van der Waals surface area contributed by atoms with E-state index in [-0.39, 0.29) is 36.1 Å². The molecule has 0 saturated carbocycles. The number of aliphatic imine (C=N–C) groups is 1. The van der Waals surface area contributed by atoms with Crippen LogP contribution in [-0.4, -0.2) is 72.8 Å². The maximum Gasteiger partial charge on any atom is 0.410 e. The number of guanidine groups is 1. The molecule has 0 bridgehead atoms. The number of carbonyl (C=O) groups excluding carboxylic acids is 1. The first kappa shape index (κ1) is 22.6. The molecule has 1 saturated heterocycles. The van der Waals surface area contributed by atoms with Crippen molar-refractivity contribution >= 4 is 36.0 Å². The summed E-state index contributed by atoms with van der Waals surface area (Å²) in [6, 6.07) is 8.22. The van der Waals surface area contributed by atoms with Gasteiger partial charge in [0.15, 0.2) is 5.96 Å². The summed E-state index contributed by atoms with van der Waals surface area (Å²) in [7, 11) is 0. The van der Waals surface area contributed by atoms with Crippen molar-refractivity contribution in [2.75, 3.05) is 39.3 Å². The normalized spacial score (nSPS) is 18.7. The van der Waals surface area contributed by atoms with Crippen LogP contribution in [-0.2, 0) is 4.74 Å². The van der Waals surface area contributed by atoms with Gasteiger partial charge in [0, 0.05) is 19.6 Å². The Balaban J connectivity index is 0.00000280. The summed E-state index contributed by atoms with van der Waals surface area (Å²) < 4.78 is 11.3. The van der Waals surface area contributed by atoms with Gasteiger partial charge < -0.3 is 24.6 Å². The molecule has 2 aliphatic rings. The maximum atomic E-state index is 12.3. The van der Waals surface area contributed by atoms with E-state index in [1.807, 2.05) is 52.0 Å². The van der Waals surface area contributed by atoms with Gasteiger partial charge >= 0.3 is 6.09 Å². The summed E-state index contributed by atoms with van der Waals surface area (Å²) in [5, 5.41) is 3.37. The van der Waals surface area contributed by atoms with Crippen molar-refractivity contribution in [3.05, 3.63) is 29.8 Å². The monoisotopic (exact) mass is 502 g/mol. The van der Waals surface area contributed by atoms with Gasteiger partial charge in [0.05, 0.1) is 19.1 Å². The number of carbonyl (C=O) groups is 1. The number of amides is 1. The average molecular weight is 502 g/mol. The molecule has 0 aromatic heterocycles. The number of nitrogens with zero attached hydrogens (tertiary/aromatic N) is 3. The minimum absolute atomic E-state index is 0. The van der Waals surface area contributed by atoms with Gasteiger partial charge in [0.2, 0.25) is 0 Å². The van der Waals surface area contributed by atoms with E-state index in [0.29, 0.717) is 32.8 Å². The van der Waals surface area contributed by atoms with Crippen LogP contribution in [0.5, 0.6) is 5.75 Å². The van der Waals surface area contributed by atoms with Crippen LogP contribution in [0, 0.1) is 6.92 Å². The summed E-state index contributed by atoms with van der Waals surface area (Å²) >= 11 is 0. The third-order valence-corrected chi connectivity index (χ3v) is 4.59. The van der Waals surface area contributed by atoms with Crippen LogP contribution >= 0.6 is 24.0 Å². The van der Waals surface area contributed by atoms with Gasteiger partial charge in [-0.15, -0.1) is 24.0 Å². The second-order valence-corrected chi connectivity index (χ2v) is 7.98. The largest absolute Gasteiger partial charge is 0.491 e. The zero-order chi connectivity index (χ0) is 19.4. The number of para-hydroxylation sites is 1. The number of benzene rings is 1. The van der Waals surface area contributed by atoms with Crippen molar-refractivity contribution in [2.45, 2.75) is 39.3 Å². The van der Waals surface area contributed by atoms with Crippen molar-refractivity contribution in [1.29, 1.82) is 0 Å². The van der Waals surface area contributed by atoms with Gasteiger partial charge in [-0.1, -0.05) is 18.2 Å². The Hall–Kier alpha value is -1.71. The maximum absolute atomic E-state index is 12.3. The van der Waals surface area contributed by atoms with Crippen LogP contribution in [0.2, 0.25) is 0 Å². The smallest absolute Gasteiger partial charge is 0.410 e. The molecule has 1 aromatic rings. The van der Waals surface area contributed by atoms with Crippen LogP contribution < -0.4 is 10.1 Å². The molecule has 1 fully saturated rings. The fourth-order valence-corrected chi connectivity index (χ4v) is 3.27. The van der Waals surface area contributed by atoms with Gasteiger partial charge in [-0.3, -0.25) is 4.99 Å². The van der Waals surface area contributed by atoms with E-state index in [2.05, 4.69) is 15.2 Å². The molecule has 3 rings (SSSR count). The molecule has 2 aliphatic heterocycles. The molecule has 28 heavy (non-hydrogen) atoms. The van der Waals surface area contributed by atoms with E-state index in [9.17, 15) is 4.79 Å². The lowest BCUT2D eigenvalue weighted by molar-refractivity contribution is 0.0137. The van der Waals surface area contributed by atoms with E-state index in [0.717, 1.165) is 23.8 Å². The van der Waals surface area contributed by atoms with Crippen LogP contribution in [0.1, 0.15) is 26.3 Å². The SMILES string of the molecule is Cc1ccccc1OCCNC1=NCC2CN(C(=O)OC(C)(C)C)CCN12.I. The highest BCUT2D eigenvalue weighted by molar-refractivity contribution is 14.0. The molecular formula is C20H31IN4O3. The molecule has 0 spiro atoms. The van der Waals surface area contributed by atoms with E-state index in [4.69, 9.17) is 9.47 Å². The highest BCUT2D eigenvalue weighted by Gasteiger charge is 2.36. The Kier molecular flexibility index (Phi) is 7.79. The lowest BCUT2D eigenvalue weighted by Gasteiger charge is -2.39. The van der Waals surface area contributed by atoms with Gasteiger partial charge in [-0.25, -0.2) is 4.79 Å². The molecule has 156 valence electrons. The van der Waals surface area contributed by atoms with Crippen LogP contribution in [0.25, 0.3) is 0 Å². The van der Waals surface area contributed by atoms with Crippen molar-refractivity contribution in [2.24, 2.45) is 4.99 Å². The first-order chi connectivity index (χ1) is 12.8. The minimum atomic E-state index is -0.468. The lowest BCUT2D eigenvalue weighted by atomic mass is 10.2. The molecule has 2 heterocycles. The number of rotatable bonds is 4. The van der Waals surface area contributed by atoms with Crippen molar-refractivity contribution < 1.29 is 14.3 Å². The van der Waals surface area contributed by atoms with Crippen molar-refractivity contribution in [3.63, 3.8) is 0 Å². The first-order valence-corrected chi connectivity index (χ1v) is 9.55. The third kappa shape index (κ3) is 5.89. The molecular weight excluding hydrogens is 471 g/mol. The number of halogens is 1. The van der Waals surface area contributed by atoms with E-state index in [1.165, 1.54) is 0 Å². The minimum Gasteiger partial charge on any atom is -0.491 e. The fourth-order valence-electron chi connectivity index (χ4n) is 3.27. The number of aryl methyl sites for hydroxylation is 1. The topological polar surface area (TPSA) is 66.4 Å². The molecule has 1 amide bonds. The van der Waals surface area contributed by atoms with Gasteiger partial charge in [0.1, 0.15) is 18.0 Å². The van der Waals surface area contributed by atoms with Crippen LogP contribution in [0.15, 0.2) is 29.3 Å². The first-order valence-electron chi connectivity index (χ1n) is 9.55. The number of ether oxygens (including phenoxy) is 2. The van der Waals surface area contributed by atoms with Crippen LogP contribution in [0.3, 0.4) is 0 Å². The summed E-state index contributed by atoms with van der Waals surface area (Å²) in [6.45, 7) is 11.7. The second-order valence-electron chi connectivity index (χ2n) is 7.98. The Morgan fingerprint density at radius 2 is 2.04 bits per heavy atom. The fraction of sp³-hybridized carbons (Fsp3) is 0.600. The average Bonchev–Trinajstić information content (AvgIpc) is 3.01. The molecule has 0 aliphatic carbocycles. The van der Waals surface area contributed by atoms with Gasteiger partial charge in [-0.2, -0.15) is 0 Å². The van der Waals surface area contributed by atoms with E-state index >= 15 is 0 Å². The summed E-state index contributed by atoms with van der Waals surface area (Å²) in [6.07, 6.45) is -0.241. The predicted octanol–water partition coefficient (Wildman–Crippen LogP) is 2.87. The van der Waals surface area contributed by atoms with Gasteiger partial charge in [-0.05, 0) is 39.3 Å². The quantitative estimate of drug-likeness (QED) is 0.507. The molecule has 0 radical (unpaired) electrons. The number of nitrogens with one attached hydrogen (secondary N) is 1. The zero-order valence-corrected chi connectivity index (χ0v) is 19.4. The molecule has 1 unspecified atom stereocenters. The van der Waals surface area contributed by atoms with Crippen molar-refractivity contribution in [3.8, 4) is 5.75 Å². The number of hydrogen-bond donors (Lipinski definition) is 1. The number of hydrogen-bond acceptors (Lipinski definition) is 6. The zero-order valence-electron chi connectivity index (χ0n) is 17.1. The second kappa shape index (κ2) is 9.67. The number of fused-ring (bicyclic) bond motifs is 1. The lowest BCUT2D eigenvalue weighted by Crippen LogP contribution is -2.57. The van der Waals surface area contributed by atoms with Crippen LogP contribution in [0.4, 0.5) is 4.79 Å². The molecule has 1 N–H and O–H groups in total.